The zero-order valence-corrected chi connectivity index (χ0v) is 13.3. The summed E-state index contributed by atoms with van der Waals surface area (Å²) in [4.78, 5) is 0. The third-order valence-corrected chi connectivity index (χ3v) is 5.57. The lowest BCUT2D eigenvalue weighted by Gasteiger charge is -2.32. The van der Waals surface area contributed by atoms with Crippen LogP contribution in [-0.4, -0.2) is 45.9 Å². The van der Waals surface area contributed by atoms with E-state index in [9.17, 15) is 8.42 Å². The van der Waals surface area contributed by atoms with Crippen LogP contribution < -0.4 is 10.0 Å². The van der Waals surface area contributed by atoms with E-state index in [2.05, 4.69) is 23.9 Å². The lowest BCUT2D eigenvalue weighted by Crippen LogP contribution is -2.48. The Hall–Kier alpha value is -0.170. The van der Waals surface area contributed by atoms with Crippen LogP contribution in [0.25, 0.3) is 0 Å². The van der Waals surface area contributed by atoms with Crippen LogP contribution in [0, 0.1) is 11.8 Å². The van der Waals surface area contributed by atoms with Crippen LogP contribution in [0.3, 0.4) is 0 Å². The first-order valence-corrected chi connectivity index (χ1v) is 8.86. The van der Waals surface area contributed by atoms with Crippen LogP contribution in [0.1, 0.15) is 39.5 Å². The van der Waals surface area contributed by atoms with Gasteiger partial charge in [-0.05, 0) is 38.3 Å². The van der Waals surface area contributed by atoms with E-state index in [1.807, 2.05) is 7.05 Å². The lowest BCUT2D eigenvalue weighted by atomic mass is 10.00. The molecule has 114 valence electrons. The molecule has 1 unspecified atom stereocenters. The Morgan fingerprint density at radius 1 is 1.32 bits per heavy atom. The van der Waals surface area contributed by atoms with Gasteiger partial charge in [-0.3, -0.25) is 0 Å². The maximum absolute atomic E-state index is 12.3. The quantitative estimate of drug-likeness (QED) is 0.706. The zero-order chi connectivity index (χ0) is 14.3. The SMILES string of the molecule is CCC(CC)CNS(=O)(=O)N1CCCC(CNC)C1. The summed E-state index contributed by atoms with van der Waals surface area (Å²) in [5.74, 6) is 0.871. The number of piperidine rings is 1. The molecule has 1 atom stereocenters. The van der Waals surface area contributed by atoms with E-state index < -0.39 is 10.2 Å². The Labute approximate surface area is 118 Å². The van der Waals surface area contributed by atoms with Gasteiger partial charge in [0.15, 0.2) is 0 Å². The molecule has 1 fully saturated rings. The van der Waals surface area contributed by atoms with Gasteiger partial charge in [-0.25, -0.2) is 4.72 Å². The van der Waals surface area contributed by atoms with Gasteiger partial charge < -0.3 is 5.32 Å². The monoisotopic (exact) mass is 291 g/mol. The third-order valence-electron chi connectivity index (χ3n) is 4.02. The highest BCUT2D eigenvalue weighted by atomic mass is 32.2. The molecule has 0 saturated carbocycles. The highest BCUT2D eigenvalue weighted by Gasteiger charge is 2.28. The standard InChI is InChI=1S/C13H29N3O2S/c1-4-12(5-2)10-15-19(17,18)16-8-6-7-13(11-16)9-14-3/h12-15H,4-11H2,1-3H3. The summed E-state index contributed by atoms with van der Waals surface area (Å²) in [6, 6.07) is 0. The van der Waals surface area contributed by atoms with E-state index in [0.717, 1.165) is 32.2 Å². The minimum atomic E-state index is -3.29. The summed E-state index contributed by atoms with van der Waals surface area (Å²) in [6.45, 7) is 6.94. The molecule has 19 heavy (non-hydrogen) atoms. The molecule has 1 heterocycles. The molecule has 0 aliphatic carbocycles. The van der Waals surface area contributed by atoms with Crippen molar-refractivity contribution in [1.82, 2.24) is 14.3 Å². The summed E-state index contributed by atoms with van der Waals surface area (Å²) in [6.07, 6.45) is 4.10. The molecular formula is C13H29N3O2S. The highest BCUT2D eigenvalue weighted by Crippen LogP contribution is 2.18. The van der Waals surface area contributed by atoms with Gasteiger partial charge in [-0.2, -0.15) is 12.7 Å². The fourth-order valence-electron chi connectivity index (χ4n) is 2.59. The van der Waals surface area contributed by atoms with Gasteiger partial charge in [0.25, 0.3) is 10.2 Å². The number of hydrogen-bond donors (Lipinski definition) is 2. The minimum absolute atomic E-state index is 0.434. The van der Waals surface area contributed by atoms with E-state index in [4.69, 9.17) is 0 Å². The summed E-state index contributed by atoms with van der Waals surface area (Å²) in [5, 5.41) is 3.14. The van der Waals surface area contributed by atoms with Crippen LogP contribution >= 0.6 is 0 Å². The van der Waals surface area contributed by atoms with Crippen molar-refractivity contribution in [2.24, 2.45) is 11.8 Å². The van der Waals surface area contributed by atoms with Crippen LogP contribution in [0.2, 0.25) is 0 Å². The van der Waals surface area contributed by atoms with Gasteiger partial charge in [0.05, 0.1) is 0 Å². The smallest absolute Gasteiger partial charge is 0.279 e. The Balaban J connectivity index is 2.51. The first-order chi connectivity index (χ1) is 9.03. The molecule has 0 spiro atoms. The fraction of sp³-hybridized carbons (Fsp3) is 1.00. The molecule has 0 aromatic rings. The van der Waals surface area contributed by atoms with Crippen molar-refractivity contribution in [2.75, 3.05) is 33.2 Å². The first kappa shape index (κ1) is 16.9. The third kappa shape index (κ3) is 5.38. The number of hydrogen-bond acceptors (Lipinski definition) is 3. The van der Waals surface area contributed by atoms with Crippen molar-refractivity contribution in [2.45, 2.75) is 39.5 Å². The van der Waals surface area contributed by atoms with Crippen molar-refractivity contribution < 1.29 is 8.42 Å². The highest BCUT2D eigenvalue weighted by molar-refractivity contribution is 7.87. The predicted octanol–water partition coefficient (Wildman–Crippen LogP) is 1.19. The summed E-state index contributed by atoms with van der Waals surface area (Å²) in [7, 11) is -1.38. The average molecular weight is 291 g/mol. The second-order valence-corrected chi connectivity index (χ2v) is 7.22. The molecule has 0 bridgehead atoms. The predicted molar refractivity (Wildman–Crippen MR) is 79.2 cm³/mol. The van der Waals surface area contributed by atoms with E-state index in [0.29, 0.717) is 31.5 Å². The molecule has 0 aromatic carbocycles. The van der Waals surface area contributed by atoms with Crippen LogP contribution in [-0.2, 0) is 10.2 Å². The molecular weight excluding hydrogens is 262 g/mol. The molecule has 1 saturated heterocycles. The first-order valence-electron chi connectivity index (χ1n) is 7.42. The van der Waals surface area contributed by atoms with Gasteiger partial charge in [-0.15, -0.1) is 0 Å². The van der Waals surface area contributed by atoms with Gasteiger partial charge in [0.1, 0.15) is 0 Å². The topological polar surface area (TPSA) is 61.4 Å². The molecule has 0 radical (unpaired) electrons. The summed E-state index contributed by atoms with van der Waals surface area (Å²) >= 11 is 0. The average Bonchev–Trinajstić information content (AvgIpc) is 2.40. The Bertz CT molecular complexity index is 340. The maximum Gasteiger partial charge on any atom is 0.279 e. The minimum Gasteiger partial charge on any atom is -0.319 e. The lowest BCUT2D eigenvalue weighted by molar-refractivity contribution is 0.260. The van der Waals surface area contributed by atoms with Crippen molar-refractivity contribution in [3.8, 4) is 0 Å². The van der Waals surface area contributed by atoms with E-state index in [1.54, 1.807) is 4.31 Å². The number of nitrogens with zero attached hydrogens (tertiary/aromatic N) is 1. The second kappa shape index (κ2) is 8.19. The largest absolute Gasteiger partial charge is 0.319 e. The van der Waals surface area contributed by atoms with Crippen molar-refractivity contribution in [3.63, 3.8) is 0 Å². The van der Waals surface area contributed by atoms with Crippen molar-refractivity contribution >= 4 is 10.2 Å². The number of rotatable bonds is 8. The fourth-order valence-corrected chi connectivity index (χ4v) is 4.00. The molecule has 1 aliphatic rings. The van der Waals surface area contributed by atoms with Crippen LogP contribution in [0.4, 0.5) is 0 Å². The molecule has 0 aromatic heterocycles. The Morgan fingerprint density at radius 2 is 2.00 bits per heavy atom. The zero-order valence-electron chi connectivity index (χ0n) is 12.5. The van der Waals surface area contributed by atoms with E-state index >= 15 is 0 Å². The summed E-state index contributed by atoms with van der Waals surface area (Å²) in [5.41, 5.74) is 0. The molecule has 1 aliphatic heterocycles. The van der Waals surface area contributed by atoms with Gasteiger partial charge in [0, 0.05) is 19.6 Å². The summed E-state index contributed by atoms with van der Waals surface area (Å²) < 4.78 is 28.9. The van der Waals surface area contributed by atoms with E-state index in [1.165, 1.54) is 0 Å². The van der Waals surface area contributed by atoms with Crippen molar-refractivity contribution in [3.05, 3.63) is 0 Å². The van der Waals surface area contributed by atoms with Gasteiger partial charge >= 0.3 is 0 Å². The van der Waals surface area contributed by atoms with Gasteiger partial charge in [-0.1, -0.05) is 26.7 Å². The molecule has 1 rings (SSSR count). The molecule has 5 nitrogen and oxygen atoms in total. The van der Waals surface area contributed by atoms with Crippen LogP contribution in [0.15, 0.2) is 0 Å². The Morgan fingerprint density at radius 3 is 2.58 bits per heavy atom. The normalized spacial score (nSPS) is 22.0. The molecule has 2 N–H and O–H groups in total. The van der Waals surface area contributed by atoms with E-state index in [-0.39, 0.29) is 0 Å². The maximum atomic E-state index is 12.3. The number of nitrogens with one attached hydrogen (secondary N) is 2. The molecule has 6 heteroatoms. The van der Waals surface area contributed by atoms with Crippen LogP contribution in [0.5, 0.6) is 0 Å². The molecule has 0 amide bonds. The second-order valence-electron chi connectivity index (χ2n) is 5.46. The van der Waals surface area contributed by atoms with Crippen molar-refractivity contribution in [1.29, 1.82) is 0 Å². The Kier molecular flexibility index (Phi) is 7.28. The van der Waals surface area contributed by atoms with Gasteiger partial charge in [0.2, 0.25) is 0 Å².